The van der Waals surface area contributed by atoms with Gasteiger partial charge < -0.3 is 14.7 Å². The largest absolute Gasteiger partial charge is 0.508 e. The topological polar surface area (TPSA) is 123 Å². The van der Waals surface area contributed by atoms with Crippen LogP contribution >= 0.6 is 0 Å². The van der Waals surface area contributed by atoms with Gasteiger partial charge in [-0.25, -0.2) is 4.39 Å². The zero-order chi connectivity index (χ0) is 32.0. The lowest BCUT2D eigenvalue weighted by Gasteiger charge is -2.33. The highest BCUT2D eigenvalue weighted by atomic mass is 32.3. The number of benzene rings is 3. The number of piperidine rings is 1. The van der Waals surface area contributed by atoms with Gasteiger partial charge in [-0.2, -0.15) is 18.4 Å². The first-order valence-electron chi connectivity index (χ1n) is 15.2. The number of anilines is 1. The fourth-order valence-electron chi connectivity index (χ4n) is 6.75. The fourth-order valence-corrected chi connectivity index (χ4v) is 7.26. The van der Waals surface area contributed by atoms with Crippen LogP contribution in [0, 0.1) is 17.7 Å². The summed E-state index contributed by atoms with van der Waals surface area (Å²) in [6.07, 6.45) is 5.26. The van der Waals surface area contributed by atoms with E-state index in [1.165, 1.54) is 24.6 Å². The Morgan fingerprint density at radius 2 is 1.78 bits per heavy atom. The van der Waals surface area contributed by atoms with Gasteiger partial charge in [0.05, 0.1) is 16.9 Å². The molecule has 7 rings (SSSR count). The highest BCUT2D eigenvalue weighted by Gasteiger charge is 2.35. The van der Waals surface area contributed by atoms with Crippen molar-refractivity contribution in [1.29, 1.82) is 0 Å². The first-order valence-corrected chi connectivity index (χ1v) is 16.6. The predicted molar refractivity (Wildman–Crippen MR) is 169 cm³/mol. The number of hydrogen-bond donors (Lipinski definition) is 1. The summed E-state index contributed by atoms with van der Waals surface area (Å²) in [4.78, 5) is 27.9. The van der Waals surface area contributed by atoms with Crippen molar-refractivity contribution in [2.45, 2.75) is 37.0 Å². The molecule has 5 aromatic rings. The van der Waals surface area contributed by atoms with E-state index in [9.17, 15) is 22.2 Å². The molecule has 0 spiro atoms. The van der Waals surface area contributed by atoms with Gasteiger partial charge in [-0.3, -0.25) is 9.78 Å². The number of ketones is 1. The molecule has 2 atom stereocenters. The minimum atomic E-state index is -4.94. The van der Waals surface area contributed by atoms with E-state index in [0.717, 1.165) is 48.8 Å². The van der Waals surface area contributed by atoms with Crippen molar-refractivity contribution in [1.82, 2.24) is 15.0 Å². The molecule has 12 heteroatoms. The molecule has 0 radical (unpaired) electrons. The second kappa shape index (κ2) is 11.9. The number of halogens is 2. The lowest BCUT2D eigenvalue weighted by atomic mass is 9.98. The van der Waals surface area contributed by atoms with E-state index < -0.39 is 20.9 Å². The number of pyridine rings is 1. The van der Waals surface area contributed by atoms with Gasteiger partial charge in [-0.15, -0.1) is 3.89 Å². The van der Waals surface area contributed by atoms with E-state index in [0.29, 0.717) is 28.6 Å². The third-order valence-electron chi connectivity index (χ3n) is 8.87. The Balaban J connectivity index is 1.20. The van der Waals surface area contributed by atoms with Gasteiger partial charge in [-0.05, 0) is 72.6 Å². The Bertz CT molecular complexity index is 2100. The Morgan fingerprint density at radius 3 is 2.57 bits per heavy atom. The van der Waals surface area contributed by atoms with E-state index in [2.05, 4.69) is 14.9 Å². The highest BCUT2D eigenvalue weighted by molar-refractivity contribution is 7.86. The van der Waals surface area contributed by atoms with Crippen LogP contribution in [0.25, 0.3) is 32.9 Å². The average Bonchev–Trinajstić information content (AvgIpc) is 3.39. The normalized spacial score (nSPS) is 17.9. The Labute approximate surface area is 264 Å². The molecule has 236 valence electrons. The standard InChI is InChI=1S/C34H30F2N4O5S/c35-30-31(27-16-24(41)14-22-5-1-2-8-26(22)27)37-17-28-32(30)38-34(39-33(28)40-18-20-10-11-21(13-20)19-40)45-12-4-9-29(42)23-6-3-7-25(15-23)46(36,43)44/h1-3,5-8,14-17,20-21,41H,4,9-13,18-19H2. The monoisotopic (exact) mass is 644 g/mol. The van der Waals surface area contributed by atoms with Crippen molar-refractivity contribution < 1.29 is 31.3 Å². The molecule has 2 unspecified atom stereocenters. The van der Waals surface area contributed by atoms with Crippen molar-refractivity contribution >= 4 is 43.5 Å². The third kappa shape index (κ3) is 5.84. The predicted octanol–water partition coefficient (Wildman–Crippen LogP) is 6.63. The second-order valence-corrected chi connectivity index (χ2v) is 13.4. The molecule has 2 bridgehead atoms. The average molecular weight is 645 g/mol. The molecular formula is C34H30F2N4O5S. The second-order valence-electron chi connectivity index (χ2n) is 12.0. The van der Waals surface area contributed by atoms with Gasteiger partial charge in [0, 0.05) is 36.8 Å². The van der Waals surface area contributed by atoms with Crippen molar-refractivity contribution in [3.8, 4) is 23.0 Å². The van der Waals surface area contributed by atoms with Gasteiger partial charge in [0.25, 0.3) is 0 Å². The van der Waals surface area contributed by atoms with Crippen LogP contribution in [0.4, 0.5) is 14.1 Å². The van der Waals surface area contributed by atoms with Crippen molar-refractivity contribution in [3.63, 3.8) is 0 Å². The summed E-state index contributed by atoms with van der Waals surface area (Å²) in [5, 5.41) is 12.3. The van der Waals surface area contributed by atoms with Crippen LogP contribution in [0.5, 0.6) is 11.8 Å². The molecule has 1 N–H and O–H groups in total. The summed E-state index contributed by atoms with van der Waals surface area (Å²) < 4.78 is 58.3. The quantitative estimate of drug-likeness (QED) is 0.107. The molecule has 2 fully saturated rings. The van der Waals surface area contributed by atoms with Crippen molar-refractivity contribution in [2.24, 2.45) is 11.8 Å². The molecule has 46 heavy (non-hydrogen) atoms. The van der Waals surface area contributed by atoms with Gasteiger partial charge in [-0.1, -0.05) is 36.4 Å². The number of aromatic nitrogens is 3. The van der Waals surface area contributed by atoms with Crippen LogP contribution in [0.3, 0.4) is 0 Å². The minimum absolute atomic E-state index is 0.00128. The number of ether oxygens (including phenoxy) is 1. The summed E-state index contributed by atoms with van der Waals surface area (Å²) in [5.74, 6) is 0.536. The molecule has 0 amide bonds. The summed E-state index contributed by atoms with van der Waals surface area (Å²) >= 11 is 0. The smallest absolute Gasteiger partial charge is 0.332 e. The van der Waals surface area contributed by atoms with Crippen molar-refractivity contribution in [3.05, 3.63) is 78.2 Å². The maximum atomic E-state index is 16.5. The van der Waals surface area contributed by atoms with Gasteiger partial charge in [0.15, 0.2) is 11.6 Å². The van der Waals surface area contributed by atoms with Crippen LogP contribution in [0.2, 0.25) is 0 Å². The number of Topliss-reactive ketones (excluding diaryl/α,β-unsaturated/α-hetero) is 1. The lowest BCUT2D eigenvalue weighted by Crippen LogP contribution is -2.37. The number of rotatable bonds is 9. The zero-order valence-electron chi connectivity index (χ0n) is 24.7. The molecule has 1 aliphatic carbocycles. The SMILES string of the molecule is O=C(CCCOc1nc(N2CC3CCC(C3)C2)c2cnc(-c3cc(O)cc4ccccc34)c(F)c2n1)c1cccc(S(=O)(=O)F)c1. The number of aromatic hydroxyl groups is 1. The van der Waals surface area contributed by atoms with Gasteiger partial charge in [0.1, 0.15) is 22.8 Å². The van der Waals surface area contributed by atoms with Crippen molar-refractivity contribution in [2.75, 3.05) is 24.6 Å². The van der Waals surface area contributed by atoms with E-state index >= 15 is 4.39 Å². The summed E-state index contributed by atoms with van der Waals surface area (Å²) in [5.41, 5.74) is 0.578. The number of carbonyl (C=O) groups excluding carboxylic acids is 1. The Morgan fingerprint density at radius 1 is 1.00 bits per heavy atom. The fraction of sp³-hybridized carbons (Fsp3) is 0.294. The molecule has 3 heterocycles. The molecule has 2 aliphatic rings. The first-order chi connectivity index (χ1) is 22.1. The number of nitrogens with zero attached hydrogens (tertiary/aromatic N) is 4. The van der Waals surface area contributed by atoms with E-state index in [4.69, 9.17) is 9.72 Å². The van der Waals surface area contributed by atoms with Crippen LogP contribution in [0.1, 0.15) is 42.5 Å². The first kappa shape index (κ1) is 30.0. The number of hydrogen-bond acceptors (Lipinski definition) is 9. The van der Waals surface area contributed by atoms with Crippen LogP contribution < -0.4 is 9.64 Å². The van der Waals surface area contributed by atoms with Crippen LogP contribution in [-0.4, -0.2) is 54.0 Å². The lowest BCUT2D eigenvalue weighted by molar-refractivity contribution is 0.0972. The van der Waals surface area contributed by atoms with E-state index in [1.807, 2.05) is 24.3 Å². The molecule has 2 aromatic heterocycles. The minimum Gasteiger partial charge on any atom is -0.508 e. The Kier molecular flexibility index (Phi) is 7.75. The summed E-state index contributed by atoms with van der Waals surface area (Å²) in [6.45, 7) is 1.59. The Hall–Kier alpha value is -4.71. The highest BCUT2D eigenvalue weighted by Crippen LogP contribution is 2.41. The van der Waals surface area contributed by atoms with Crippen LogP contribution in [0.15, 0.2) is 71.8 Å². The number of carbonyl (C=O) groups is 1. The molecule has 3 aromatic carbocycles. The van der Waals surface area contributed by atoms with Gasteiger partial charge >= 0.3 is 16.2 Å². The summed E-state index contributed by atoms with van der Waals surface area (Å²) in [6, 6.07) is 15.2. The van der Waals surface area contributed by atoms with E-state index in [-0.39, 0.29) is 53.8 Å². The number of phenols is 1. The van der Waals surface area contributed by atoms with Gasteiger partial charge in [0.2, 0.25) is 0 Å². The maximum absolute atomic E-state index is 16.5. The molecule has 1 saturated carbocycles. The molecule has 1 saturated heterocycles. The molecule has 9 nitrogen and oxygen atoms in total. The number of fused-ring (bicyclic) bond motifs is 4. The molecule has 1 aliphatic heterocycles. The van der Waals surface area contributed by atoms with E-state index in [1.54, 1.807) is 12.3 Å². The van der Waals surface area contributed by atoms with Crippen LogP contribution in [-0.2, 0) is 10.2 Å². The summed E-state index contributed by atoms with van der Waals surface area (Å²) in [7, 11) is -4.94. The molecular weight excluding hydrogens is 614 g/mol. The number of phenolic OH excluding ortho intramolecular Hbond substituents is 1. The third-order valence-corrected chi connectivity index (χ3v) is 9.69. The maximum Gasteiger partial charge on any atom is 0.332 e. The zero-order valence-corrected chi connectivity index (χ0v) is 25.5.